The Morgan fingerprint density at radius 3 is 2.31 bits per heavy atom. The van der Waals surface area contributed by atoms with E-state index in [9.17, 15) is 4.79 Å². The van der Waals surface area contributed by atoms with Gasteiger partial charge >= 0.3 is 0 Å². The third-order valence-corrected chi connectivity index (χ3v) is 6.52. The van der Waals surface area contributed by atoms with Crippen LogP contribution >= 0.6 is 0 Å². The minimum Gasteiger partial charge on any atom is -0.366 e. The number of carbonyl (C=O) groups is 1. The van der Waals surface area contributed by atoms with E-state index in [1.165, 1.54) is 32.1 Å². The summed E-state index contributed by atoms with van der Waals surface area (Å²) in [5, 5.41) is 6.62. The molecule has 5 nitrogen and oxygen atoms in total. The summed E-state index contributed by atoms with van der Waals surface area (Å²) in [5.74, 6) is 3.95. The smallest absolute Gasteiger partial charge is 0.259 e. The Morgan fingerprint density at radius 1 is 0.923 bits per heavy atom. The van der Waals surface area contributed by atoms with Crippen molar-refractivity contribution in [3.63, 3.8) is 0 Å². The van der Waals surface area contributed by atoms with Crippen molar-refractivity contribution >= 4 is 17.4 Å². The summed E-state index contributed by atoms with van der Waals surface area (Å²) >= 11 is 0. The first-order chi connectivity index (χ1) is 12.8. The summed E-state index contributed by atoms with van der Waals surface area (Å²) in [6.45, 7) is 0. The highest BCUT2D eigenvalue weighted by molar-refractivity contribution is 6.07. The van der Waals surface area contributed by atoms with Crippen LogP contribution in [0, 0.1) is 23.7 Å². The molecule has 4 bridgehead atoms. The van der Waals surface area contributed by atoms with Gasteiger partial charge in [0.15, 0.2) is 0 Å². The van der Waals surface area contributed by atoms with Crippen molar-refractivity contribution < 1.29 is 4.79 Å². The zero-order valence-corrected chi connectivity index (χ0v) is 14.8. The van der Waals surface area contributed by atoms with E-state index in [2.05, 4.69) is 20.6 Å². The van der Waals surface area contributed by atoms with E-state index >= 15 is 0 Å². The van der Waals surface area contributed by atoms with Crippen molar-refractivity contribution in [3.05, 3.63) is 48.4 Å². The highest BCUT2D eigenvalue weighted by atomic mass is 16.1. The molecule has 5 heteroatoms. The lowest BCUT2D eigenvalue weighted by molar-refractivity contribution is 0.00739. The van der Waals surface area contributed by atoms with Crippen LogP contribution in [-0.4, -0.2) is 21.9 Å². The van der Waals surface area contributed by atoms with Gasteiger partial charge in [-0.3, -0.25) is 9.78 Å². The van der Waals surface area contributed by atoms with Gasteiger partial charge < -0.3 is 10.6 Å². The van der Waals surface area contributed by atoms with Gasteiger partial charge in [0.25, 0.3) is 5.91 Å². The number of carbonyl (C=O) groups excluding carboxylic acids is 1. The second kappa shape index (κ2) is 6.38. The lowest BCUT2D eigenvalue weighted by atomic mass is 9.54. The number of amides is 1. The predicted molar refractivity (Wildman–Crippen MR) is 101 cm³/mol. The van der Waals surface area contributed by atoms with Crippen LogP contribution in [0.25, 0.3) is 0 Å². The van der Waals surface area contributed by atoms with Gasteiger partial charge in [0, 0.05) is 30.3 Å². The molecule has 26 heavy (non-hydrogen) atoms. The molecule has 0 saturated heterocycles. The number of nitrogens with one attached hydrogen (secondary N) is 2. The SMILES string of the molecule is O=C(Nc1ccncc1)c1cccnc1NC1C2CC3CC(C2)CC1C3. The van der Waals surface area contributed by atoms with E-state index in [-0.39, 0.29) is 5.91 Å². The summed E-state index contributed by atoms with van der Waals surface area (Å²) in [6, 6.07) is 7.72. The molecule has 4 fully saturated rings. The third kappa shape index (κ3) is 2.85. The van der Waals surface area contributed by atoms with Crippen LogP contribution in [0.15, 0.2) is 42.9 Å². The number of aromatic nitrogens is 2. The van der Waals surface area contributed by atoms with Crippen molar-refractivity contribution in [2.24, 2.45) is 23.7 Å². The fourth-order valence-electron chi connectivity index (χ4n) is 5.66. The van der Waals surface area contributed by atoms with E-state index in [1.807, 2.05) is 12.1 Å². The molecule has 0 radical (unpaired) electrons. The number of hydrogen-bond acceptors (Lipinski definition) is 4. The lowest BCUT2D eigenvalue weighted by Crippen LogP contribution is -2.51. The first-order valence-electron chi connectivity index (χ1n) is 9.69. The molecule has 1 amide bonds. The van der Waals surface area contributed by atoms with Crippen LogP contribution in [0.5, 0.6) is 0 Å². The van der Waals surface area contributed by atoms with Gasteiger partial charge in [0.2, 0.25) is 0 Å². The Balaban J connectivity index is 1.36. The van der Waals surface area contributed by atoms with Crippen molar-refractivity contribution in [3.8, 4) is 0 Å². The molecule has 0 unspecified atom stereocenters. The summed E-state index contributed by atoms with van der Waals surface area (Å²) in [7, 11) is 0. The van der Waals surface area contributed by atoms with Crippen LogP contribution in [-0.2, 0) is 0 Å². The molecule has 4 saturated carbocycles. The molecule has 0 spiro atoms. The molecule has 0 aromatic carbocycles. The zero-order valence-electron chi connectivity index (χ0n) is 14.8. The minimum absolute atomic E-state index is 0.129. The Morgan fingerprint density at radius 2 is 1.62 bits per heavy atom. The molecular formula is C21H24N4O. The summed E-state index contributed by atoms with van der Waals surface area (Å²) in [4.78, 5) is 21.3. The molecule has 134 valence electrons. The lowest BCUT2D eigenvalue weighted by Gasteiger charge is -2.54. The van der Waals surface area contributed by atoms with E-state index in [0.717, 1.165) is 35.2 Å². The number of rotatable bonds is 4. The molecule has 2 heterocycles. The molecule has 2 N–H and O–H groups in total. The summed E-state index contributed by atoms with van der Waals surface area (Å²) in [6.07, 6.45) is 11.9. The largest absolute Gasteiger partial charge is 0.366 e. The van der Waals surface area contributed by atoms with E-state index < -0.39 is 0 Å². The number of anilines is 2. The van der Waals surface area contributed by atoms with Crippen LogP contribution in [0.3, 0.4) is 0 Å². The third-order valence-electron chi connectivity index (χ3n) is 6.52. The highest BCUT2D eigenvalue weighted by Gasteiger charge is 2.48. The van der Waals surface area contributed by atoms with Gasteiger partial charge in [-0.1, -0.05) is 0 Å². The molecule has 0 atom stereocenters. The molecule has 2 aromatic heterocycles. The molecule has 0 aliphatic heterocycles. The first-order valence-corrected chi connectivity index (χ1v) is 9.69. The topological polar surface area (TPSA) is 66.9 Å². The zero-order chi connectivity index (χ0) is 17.5. The standard InChI is InChI=1S/C21H24N4O/c26-21(24-17-3-6-22-7-4-17)18-2-1-5-23-20(18)25-19-15-9-13-8-14(11-15)12-16(19)10-13/h1-7,13-16,19H,8-12H2,(H,23,25)(H,22,24,26). The summed E-state index contributed by atoms with van der Waals surface area (Å²) < 4.78 is 0. The van der Waals surface area contributed by atoms with Gasteiger partial charge in [0.05, 0.1) is 5.56 Å². The van der Waals surface area contributed by atoms with E-state index in [1.54, 1.807) is 30.7 Å². The maximum Gasteiger partial charge on any atom is 0.259 e. The van der Waals surface area contributed by atoms with E-state index in [0.29, 0.717) is 11.6 Å². The maximum atomic E-state index is 12.8. The van der Waals surface area contributed by atoms with Crippen molar-refractivity contribution in [1.82, 2.24) is 9.97 Å². The Bertz CT molecular complexity index is 779. The number of pyridine rings is 2. The fraction of sp³-hybridized carbons (Fsp3) is 0.476. The maximum absolute atomic E-state index is 12.8. The summed E-state index contributed by atoms with van der Waals surface area (Å²) in [5.41, 5.74) is 1.35. The molecule has 4 aliphatic carbocycles. The van der Waals surface area contributed by atoms with Crippen molar-refractivity contribution in [2.75, 3.05) is 10.6 Å². The quantitative estimate of drug-likeness (QED) is 0.877. The normalized spacial score (nSPS) is 31.6. The monoisotopic (exact) mass is 348 g/mol. The number of nitrogens with zero attached hydrogens (tertiary/aromatic N) is 2. The Labute approximate surface area is 153 Å². The van der Waals surface area contributed by atoms with Gasteiger partial charge in [-0.2, -0.15) is 0 Å². The molecule has 2 aromatic rings. The molecule has 4 aliphatic rings. The predicted octanol–water partition coefficient (Wildman–Crippen LogP) is 3.97. The second-order valence-electron chi connectivity index (χ2n) is 8.19. The van der Waals surface area contributed by atoms with Crippen molar-refractivity contribution in [2.45, 2.75) is 38.1 Å². The average molecular weight is 348 g/mol. The average Bonchev–Trinajstić information content (AvgIpc) is 2.65. The van der Waals surface area contributed by atoms with Crippen LogP contribution in [0.1, 0.15) is 42.5 Å². The molecule has 6 rings (SSSR count). The first kappa shape index (κ1) is 15.8. The fourth-order valence-corrected chi connectivity index (χ4v) is 5.66. The molecular weight excluding hydrogens is 324 g/mol. The van der Waals surface area contributed by atoms with Gasteiger partial charge in [-0.25, -0.2) is 4.98 Å². The van der Waals surface area contributed by atoms with Crippen LogP contribution < -0.4 is 10.6 Å². The van der Waals surface area contributed by atoms with E-state index in [4.69, 9.17) is 0 Å². The van der Waals surface area contributed by atoms with Gasteiger partial charge in [-0.15, -0.1) is 0 Å². The Hall–Kier alpha value is -2.43. The van der Waals surface area contributed by atoms with Crippen molar-refractivity contribution in [1.29, 1.82) is 0 Å². The Kier molecular flexibility index (Phi) is 3.88. The highest BCUT2D eigenvalue weighted by Crippen LogP contribution is 2.54. The minimum atomic E-state index is -0.129. The van der Waals surface area contributed by atoms with Crippen LogP contribution in [0.4, 0.5) is 11.5 Å². The van der Waals surface area contributed by atoms with Gasteiger partial charge in [-0.05, 0) is 80.0 Å². The van der Waals surface area contributed by atoms with Crippen LogP contribution in [0.2, 0.25) is 0 Å². The number of hydrogen-bond donors (Lipinski definition) is 2. The second-order valence-corrected chi connectivity index (χ2v) is 8.19. The van der Waals surface area contributed by atoms with Gasteiger partial charge in [0.1, 0.15) is 5.82 Å².